The van der Waals surface area contributed by atoms with Crippen molar-refractivity contribution in [2.75, 3.05) is 13.2 Å². The molecule has 1 aromatic rings. The van der Waals surface area contributed by atoms with E-state index < -0.39 is 77.2 Å². The van der Waals surface area contributed by atoms with Crippen LogP contribution in [0.5, 0.6) is 0 Å². The minimum atomic E-state index is -1.86. The first kappa shape index (κ1) is 30.3. The number of Topliss-reactive ketones (excluding diaryl/α,β-unsaturated/α-hetero) is 1. The van der Waals surface area contributed by atoms with Gasteiger partial charge in [-0.1, -0.05) is 32.0 Å². The largest absolute Gasteiger partial charge is 0.456 e. The van der Waals surface area contributed by atoms with E-state index in [1.54, 1.807) is 25.1 Å². The van der Waals surface area contributed by atoms with Crippen LogP contribution in [0.4, 0.5) is 0 Å². The van der Waals surface area contributed by atoms with Crippen LogP contribution in [0.1, 0.15) is 64.2 Å². The lowest BCUT2D eigenvalue weighted by Gasteiger charge is -2.63. The third-order valence-corrected chi connectivity index (χ3v) is 9.26. The molecule has 4 rings (SSSR count). The second-order valence-corrected chi connectivity index (χ2v) is 12.2. The zero-order valence-electron chi connectivity index (χ0n) is 23.6. The summed E-state index contributed by atoms with van der Waals surface area (Å²) in [7, 11) is 0. The fourth-order valence-corrected chi connectivity index (χ4v) is 7.09. The highest BCUT2D eigenvalue weighted by Gasteiger charge is 2.72. The summed E-state index contributed by atoms with van der Waals surface area (Å²) in [5, 5.41) is 44.2. The van der Waals surface area contributed by atoms with Gasteiger partial charge in [-0.05, 0) is 55.4 Å². The van der Waals surface area contributed by atoms with Crippen molar-refractivity contribution < 1.29 is 49.0 Å². The molecule has 10 nitrogen and oxygen atoms in total. The number of benzene rings is 1. The van der Waals surface area contributed by atoms with E-state index in [1.807, 2.05) is 13.8 Å². The van der Waals surface area contributed by atoms with Gasteiger partial charge in [0.15, 0.2) is 11.4 Å². The molecule has 8 atom stereocenters. The molecule has 0 aromatic heterocycles. The molecule has 0 spiro atoms. The molecule has 2 aliphatic carbocycles. The van der Waals surface area contributed by atoms with Crippen molar-refractivity contribution in [2.24, 2.45) is 16.7 Å². The van der Waals surface area contributed by atoms with Gasteiger partial charge in [0.25, 0.3) is 0 Å². The minimum absolute atomic E-state index is 0.0897. The second kappa shape index (κ2) is 11.0. The molecule has 1 saturated carbocycles. The Balaban J connectivity index is 1.83. The van der Waals surface area contributed by atoms with E-state index in [0.29, 0.717) is 24.0 Å². The maximum absolute atomic E-state index is 14.4. The molecule has 4 N–H and O–H groups in total. The molecule has 0 radical (unpaired) electrons. The predicted octanol–water partition coefficient (Wildman–Crippen LogP) is 1.72. The first-order chi connectivity index (χ1) is 18.7. The standard InChI is InChI=1S/C30H40O10/c1-16-19(33)11-12-28(3,4)23(16)24(35)26(36)29(5)21(34)13-22-30(15-38-22,40-17(2)32)25(29)20(14-31)39-27(37)18-9-7-6-8-10-18/h6-10,19-22,24-25,31,33-35H,11-15H2,1-5H3/t19-,20+,21-,22+,24+,25-,29+,30-/m0/s1. The molecule has 40 heavy (non-hydrogen) atoms. The number of ether oxygens (including phenoxy) is 3. The fraction of sp³-hybridized carbons (Fsp3) is 0.633. The number of aliphatic hydroxyl groups is 4. The van der Waals surface area contributed by atoms with Crippen molar-refractivity contribution in [3.63, 3.8) is 0 Å². The number of fused-ring (bicyclic) bond motifs is 1. The molecule has 1 saturated heterocycles. The Morgan fingerprint density at radius 3 is 2.33 bits per heavy atom. The number of aliphatic hydroxyl groups excluding tert-OH is 4. The summed E-state index contributed by atoms with van der Waals surface area (Å²) in [6, 6.07) is 8.07. The third kappa shape index (κ3) is 4.90. The molecule has 2 fully saturated rings. The number of esters is 2. The third-order valence-electron chi connectivity index (χ3n) is 9.26. The summed E-state index contributed by atoms with van der Waals surface area (Å²) < 4.78 is 17.2. The first-order valence-electron chi connectivity index (χ1n) is 13.7. The maximum atomic E-state index is 14.4. The first-order valence-corrected chi connectivity index (χ1v) is 13.7. The predicted molar refractivity (Wildman–Crippen MR) is 142 cm³/mol. The summed E-state index contributed by atoms with van der Waals surface area (Å²) in [5.41, 5.74) is -2.95. The van der Waals surface area contributed by atoms with Crippen LogP contribution in [0.25, 0.3) is 0 Å². The minimum Gasteiger partial charge on any atom is -0.456 e. The van der Waals surface area contributed by atoms with Crippen molar-refractivity contribution in [2.45, 2.75) is 90.0 Å². The van der Waals surface area contributed by atoms with Crippen molar-refractivity contribution >= 4 is 17.7 Å². The van der Waals surface area contributed by atoms with Crippen LogP contribution in [0, 0.1) is 16.7 Å². The molecular formula is C30H40O10. The van der Waals surface area contributed by atoms with Crippen LogP contribution < -0.4 is 0 Å². The average molecular weight is 561 g/mol. The van der Waals surface area contributed by atoms with Crippen LogP contribution >= 0.6 is 0 Å². The van der Waals surface area contributed by atoms with Gasteiger partial charge in [0.05, 0.1) is 42.3 Å². The molecule has 0 unspecified atom stereocenters. The normalized spacial score (nSPS) is 34.6. The molecule has 220 valence electrons. The van der Waals surface area contributed by atoms with E-state index in [9.17, 15) is 34.8 Å². The summed E-state index contributed by atoms with van der Waals surface area (Å²) in [4.78, 5) is 39.8. The van der Waals surface area contributed by atoms with E-state index >= 15 is 0 Å². The lowest BCUT2D eigenvalue weighted by molar-refractivity contribution is -0.331. The zero-order valence-corrected chi connectivity index (χ0v) is 23.6. The Hall–Kier alpha value is -2.63. The molecule has 1 heterocycles. The van der Waals surface area contributed by atoms with Crippen molar-refractivity contribution in [1.29, 1.82) is 0 Å². The number of ketones is 1. The molecule has 0 amide bonds. The van der Waals surface area contributed by atoms with Crippen molar-refractivity contribution in [3.8, 4) is 0 Å². The van der Waals surface area contributed by atoms with Gasteiger partial charge in [0.2, 0.25) is 0 Å². The van der Waals surface area contributed by atoms with Gasteiger partial charge in [-0.25, -0.2) is 4.79 Å². The van der Waals surface area contributed by atoms with Gasteiger partial charge in [0.1, 0.15) is 18.3 Å². The van der Waals surface area contributed by atoms with Crippen LogP contribution in [-0.2, 0) is 23.8 Å². The molecule has 1 aliphatic heterocycles. The highest BCUT2D eigenvalue weighted by molar-refractivity contribution is 5.93. The molecule has 0 bridgehead atoms. The molecule has 1 aromatic carbocycles. The van der Waals surface area contributed by atoms with E-state index in [-0.39, 0.29) is 18.6 Å². The summed E-state index contributed by atoms with van der Waals surface area (Å²) in [6.07, 6.45) is -5.29. The summed E-state index contributed by atoms with van der Waals surface area (Å²) in [6.45, 7) is 7.15. The van der Waals surface area contributed by atoms with Crippen LogP contribution in [0.3, 0.4) is 0 Å². The monoisotopic (exact) mass is 560 g/mol. The van der Waals surface area contributed by atoms with E-state index in [4.69, 9.17) is 14.2 Å². The van der Waals surface area contributed by atoms with Gasteiger partial charge in [-0.15, -0.1) is 0 Å². The van der Waals surface area contributed by atoms with Crippen LogP contribution in [0.15, 0.2) is 41.5 Å². The zero-order chi connectivity index (χ0) is 29.6. The lowest BCUT2D eigenvalue weighted by Crippen LogP contribution is -2.78. The highest BCUT2D eigenvalue weighted by Crippen LogP contribution is 2.57. The molecule has 3 aliphatic rings. The van der Waals surface area contributed by atoms with Gasteiger partial charge in [-0.3, -0.25) is 9.59 Å². The van der Waals surface area contributed by atoms with E-state index in [1.165, 1.54) is 26.0 Å². The maximum Gasteiger partial charge on any atom is 0.338 e. The van der Waals surface area contributed by atoms with Gasteiger partial charge in [0, 0.05) is 13.3 Å². The number of carbonyl (C=O) groups excluding carboxylic acids is 3. The Labute approximate surface area is 233 Å². The quantitative estimate of drug-likeness (QED) is 0.272. The van der Waals surface area contributed by atoms with Gasteiger partial charge in [-0.2, -0.15) is 0 Å². The van der Waals surface area contributed by atoms with Crippen LogP contribution in [-0.4, -0.2) is 87.5 Å². The van der Waals surface area contributed by atoms with Crippen LogP contribution in [0.2, 0.25) is 0 Å². The Morgan fingerprint density at radius 2 is 1.77 bits per heavy atom. The summed E-state index contributed by atoms with van der Waals surface area (Å²) in [5.74, 6) is -3.51. The topological polar surface area (TPSA) is 160 Å². The SMILES string of the molecule is CC(=O)O[C@@]12CO[C@@H]1C[C@H](O)[C@@](C)(C(=O)[C@H](O)C1=C(C)[C@@H](O)CCC1(C)C)[C@@H]2[C@@H](CO)OC(=O)c1ccccc1. The summed E-state index contributed by atoms with van der Waals surface area (Å²) >= 11 is 0. The Kier molecular flexibility index (Phi) is 8.33. The Bertz CT molecular complexity index is 1180. The van der Waals surface area contributed by atoms with E-state index in [0.717, 1.165) is 0 Å². The van der Waals surface area contributed by atoms with E-state index in [2.05, 4.69) is 0 Å². The van der Waals surface area contributed by atoms with Gasteiger partial charge < -0.3 is 34.6 Å². The number of hydrogen-bond donors (Lipinski definition) is 4. The van der Waals surface area contributed by atoms with Crippen molar-refractivity contribution in [1.82, 2.24) is 0 Å². The number of hydrogen-bond acceptors (Lipinski definition) is 10. The van der Waals surface area contributed by atoms with Gasteiger partial charge >= 0.3 is 11.9 Å². The average Bonchev–Trinajstić information content (AvgIpc) is 2.90. The number of carbonyl (C=O) groups is 3. The smallest absolute Gasteiger partial charge is 0.338 e. The number of rotatable bonds is 8. The fourth-order valence-electron chi connectivity index (χ4n) is 7.09. The lowest BCUT2D eigenvalue weighted by atomic mass is 9.51. The highest BCUT2D eigenvalue weighted by atomic mass is 16.6. The second-order valence-electron chi connectivity index (χ2n) is 12.2. The Morgan fingerprint density at radius 1 is 1.12 bits per heavy atom. The van der Waals surface area contributed by atoms with Crippen molar-refractivity contribution in [3.05, 3.63) is 47.0 Å². The molecular weight excluding hydrogens is 520 g/mol. The molecule has 10 heteroatoms.